The molecule has 0 spiro atoms. The minimum Gasteiger partial charge on any atom is -0.397 e. The Balaban J connectivity index is 1.92. The van der Waals surface area contributed by atoms with Crippen LogP contribution in [0.5, 0.6) is 0 Å². The number of carbonyl (C=O) groups excluding carboxylic acids is 1. The summed E-state index contributed by atoms with van der Waals surface area (Å²) in [6.45, 7) is 0. The summed E-state index contributed by atoms with van der Waals surface area (Å²) in [6.07, 6.45) is 3.34. The van der Waals surface area contributed by atoms with E-state index in [4.69, 9.17) is 17.3 Å². The van der Waals surface area contributed by atoms with E-state index in [0.29, 0.717) is 22.0 Å². The SMILES string of the molecule is CN(C(=O)c1ccc2c(c1)CCC2)c1cc(Cl)ccc1N. The van der Waals surface area contributed by atoms with E-state index >= 15 is 0 Å². The van der Waals surface area contributed by atoms with Crippen LogP contribution in [0.15, 0.2) is 36.4 Å². The molecule has 0 unspecified atom stereocenters. The van der Waals surface area contributed by atoms with Crippen LogP contribution in [0.4, 0.5) is 11.4 Å². The standard InChI is InChI=1S/C17H17ClN2O/c1-20(16-10-14(18)7-8-15(16)19)17(21)13-6-5-11-3-2-4-12(11)9-13/h5-10H,2-4,19H2,1H3. The molecule has 0 radical (unpaired) electrons. The van der Waals surface area contributed by atoms with Crippen LogP contribution in [0.3, 0.4) is 0 Å². The van der Waals surface area contributed by atoms with Gasteiger partial charge in [0.05, 0.1) is 11.4 Å². The van der Waals surface area contributed by atoms with Gasteiger partial charge < -0.3 is 10.6 Å². The molecule has 1 aliphatic carbocycles. The van der Waals surface area contributed by atoms with E-state index in [0.717, 1.165) is 12.8 Å². The van der Waals surface area contributed by atoms with Crippen LogP contribution in [0.2, 0.25) is 5.02 Å². The largest absolute Gasteiger partial charge is 0.397 e. The van der Waals surface area contributed by atoms with Crippen molar-refractivity contribution in [1.29, 1.82) is 0 Å². The Bertz CT molecular complexity index is 712. The quantitative estimate of drug-likeness (QED) is 0.860. The van der Waals surface area contributed by atoms with Crippen molar-refractivity contribution in [2.45, 2.75) is 19.3 Å². The van der Waals surface area contributed by atoms with Crippen molar-refractivity contribution in [3.05, 3.63) is 58.1 Å². The lowest BCUT2D eigenvalue weighted by molar-refractivity contribution is 0.0993. The van der Waals surface area contributed by atoms with Gasteiger partial charge in [0.25, 0.3) is 5.91 Å². The van der Waals surface area contributed by atoms with Crippen LogP contribution in [0.1, 0.15) is 27.9 Å². The van der Waals surface area contributed by atoms with Crippen molar-refractivity contribution < 1.29 is 4.79 Å². The van der Waals surface area contributed by atoms with Crippen LogP contribution in [0, 0.1) is 0 Å². The molecule has 0 bridgehead atoms. The van der Waals surface area contributed by atoms with E-state index in [1.54, 1.807) is 30.1 Å². The number of carbonyl (C=O) groups is 1. The fourth-order valence-electron chi connectivity index (χ4n) is 2.82. The van der Waals surface area contributed by atoms with Crippen molar-refractivity contribution >= 4 is 28.9 Å². The van der Waals surface area contributed by atoms with Crippen LogP contribution in [0.25, 0.3) is 0 Å². The maximum Gasteiger partial charge on any atom is 0.258 e. The molecule has 108 valence electrons. The lowest BCUT2D eigenvalue weighted by Gasteiger charge is -2.20. The maximum atomic E-state index is 12.6. The topological polar surface area (TPSA) is 46.3 Å². The molecule has 0 fully saturated rings. The van der Waals surface area contributed by atoms with Crippen molar-refractivity contribution in [2.24, 2.45) is 0 Å². The van der Waals surface area contributed by atoms with Crippen LogP contribution >= 0.6 is 11.6 Å². The molecule has 0 saturated carbocycles. The molecule has 21 heavy (non-hydrogen) atoms. The smallest absolute Gasteiger partial charge is 0.258 e. The molecule has 3 nitrogen and oxygen atoms in total. The fraction of sp³-hybridized carbons (Fsp3) is 0.235. The van der Waals surface area contributed by atoms with Gasteiger partial charge in [-0.25, -0.2) is 0 Å². The summed E-state index contributed by atoms with van der Waals surface area (Å²) in [4.78, 5) is 14.2. The highest BCUT2D eigenvalue weighted by Crippen LogP contribution is 2.28. The van der Waals surface area contributed by atoms with E-state index < -0.39 is 0 Å². The minimum absolute atomic E-state index is 0.0707. The summed E-state index contributed by atoms with van der Waals surface area (Å²) in [5.41, 5.74) is 10.5. The molecule has 1 amide bonds. The predicted octanol–water partition coefficient (Wildman–Crippen LogP) is 3.69. The van der Waals surface area contributed by atoms with E-state index in [-0.39, 0.29) is 5.91 Å². The van der Waals surface area contributed by atoms with Gasteiger partial charge in [0.1, 0.15) is 0 Å². The second-order valence-electron chi connectivity index (χ2n) is 5.40. The highest BCUT2D eigenvalue weighted by Gasteiger charge is 2.18. The molecule has 0 saturated heterocycles. The van der Waals surface area contributed by atoms with E-state index in [1.165, 1.54) is 17.5 Å². The van der Waals surface area contributed by atoms with E-state index in [1.807, 2.05) is 12.1 Å². The molecule has 3 rings (SSSR count). The van der Waals surface area contributed by atoms with Gasteiger partial charge in [0.15, 0.2) is 0 Å². The average molecular weight is 301 g/mol. The maximum absolute atomic E-state index is 12.6. The Morgan fingerprint density at radius 2 is 1.90 bits per heavy atom. The fourth-order valence-corrected chi connectivity index (χ4v) is 2.98. The van der Waals surface area contributed by atoms with Crippen molar-refractivity contribution in [1.82, 2.24) is 0 Å². The molecule has 2 aromatic carbocycles. The summed E-state index contributed by atoms with van der Waals surface area (Å²) < 4.78 is 0. The van der Waals surface area contributed by atoms with Gasteiger partial charge in [-0.3, -0.25) is 4.79 Å². The van der Waals surface area contributed by atoms with Gasteiger partial charge in [0.2, 0.25) is 0 Å². The molecule has 0 heterocycles. The molecule has 4 heteroatoms. The van der Waals surface area contributed by atoms with E-state index in [2.05, 4.69) is 6.07 Å². The number of anilines is 2. The zero-order valence-corrected chi connectivity index (χ0v) is 12.7. The molecular formula is C17H17ClN2O. The van der Waals surface area contributed by atoms with Gasteiger partial charge in [-0.05, 0) is 60.7 Å². The number of hydrogen-bond donors (Lipinski definition) is 1. The first kappa shape index (κ1) is 14.0. The number of nitrogens with two attached hydrogens (primary N) is 1. The number of nitrogens with zero attached hydrogens (tertiary/aromatic N) is 1. The molecule has 1 aliphatic rings. The number of amides is 1. The number of aryl methyl sites for hydroxylation is 2. The van der Waals surface area contributed by atoms with Crippen LogP contribution in [-0.4, -0.2) is 13.0 Å². The average Bonchev–Trinajstić information content (AvgIpc) is 2.95. The number of fused-ring (bicyclic) bond motifs is 1. The summed E-state index contributed by atoms with van der Waals surface area (Å²) in [7, 11) is 1.72. The molecule has 2 N–H and O–H groups in total. The molecule has 2 aromatic rings. The Labute approximate surface area is 129 Å². The third-order valence-corrected chi connectivity index (χ3v) is 4.24. The molecule has 0 aliphatic heterocycles. The third-order valence-electron chi connectivity index (χ3n) is 4.00. The monoisotopic (exact) mass is 300 g/mol. The van der Waals surface area contributed by atoms with Gasteiger partial charge in [-0.1, -0.05) is 17.7 Å². The highest BCUT2D eigenvalue weighted by molar-refractivity contribution is 6.31. The van der Waals surface area contributed by atoms with E-state index in [9.17, 15) is 4.79 Å². The normalized spacial score (nSPS) is 13.0. The van der Waals surface area contributed by atoms with Crippen molar-refractivity contribution in [2.75, 3.05) is 17.7 Å². The summed E-state index contributed by atoms with van der Waals surface area (Å²) in [5.74, 6) is -0.0707. The second kappa shape index (κ2) is 5.41. The number of halogens is 1. The first-order valence-electron chi connectivity index (χ1n) is 7.01. The van der Waals surface area contributed by atoms with Gasteiger partial charge in [-0.15, -0.1) is 0 Å². The summed E-state index contributed by atoms with van der Waals surface area (Å²) in [5, 5.41) is 0.563. The Morgan fingerprint density at radius 3 is 2.71 bits per heavy atom. The first-order chi connectivity index (χ1) is 10.1. The van der Waals surface area contributed by atoms with Gasteiger partial charge >= 0.3 is 0 Å². The van der Waals surface area contributed by atoms with Crippen LogP contribution in [-0.2, 0) is 12.8 Å². The zero-order valence-electron chi connectivity index (χ0n) is 11.9. The third kappa shape index (κ3) is 2.61. The number of nitrogen functional groups attached to an aromatic ring is 1. The summed E-state index contributed by atoms with van der Waals surface area (Å²) >= 11 is 5.99. The number of benzene rings is 2. The van der Waals surface area contributed by atoms with Gasteiger partial charge in [0, 0.05) is 17.6 Å². The number of hydrogen-bond acceptors (Lipinski definition) is 2. The second-order valence-corrected chi connectivity index (χ2v) is 5.84. The predicted molar refractivity (Wildman–Crippen MR) is 87.1 cm³/mol. The minimum atomic E-state index is -0.0707. The van der Waals surface area contributed by atoms with Crippen molar-refractivity contribution in [3.8, 4) is 0 Å². The zero-order chi connectivity index (χ0) is 15.0. The molecule has 0 atom stereocenters. The number of rotatable bonds is 2. The highest BCUT2D eigenvalue weighted by atomic mass is 35.5. The Kier molecular flexibility index (Phi) is 3.60. The molecule has 0 aromatic heterocycles. The lowest BCUT2D eigenvalue weighted by atomic mass is 10.1. The van der Waals surface area contributed by atoms with Gasteiger partial charge in [-0.2, -0.15) is 0 Å². The Hall–Kier alpha value is -2.00. The van der Waals surface area contributed by atoms with Crippen LogP contribution < -0.4 is 10.6 Å². The Morgan fingerprint density at radius 1 is 1.14 bits per heavy atom. The first-order valence-corrected chi connectivity index (χ1v) is 7.39. The molecular weight excluding hydrogens is 284 g/mol. The summed E-state index contributed by atoms with van der Waals surface area (Å²) in [6, 6.07) is 11.1. The lowest BCUT2D eigenvalue weighted by Crippen LogP contribution is -2.27. The van der Waals surface area contributed by atoms with Crippen molar-refractivity contribution in [3.63, 3.8) is 0 Å².